The van der Waals surface area contributed by atoms with Crippen LogP contribution in [0.2, 0.25) is 0 Å². The van der Waals surface area contributed by atoms with E-state index < -0.39 is 0 Å². The first kappa shape index (κ1) is 15.8. The first-order valence-corrected chi connectivity index (χ1v) is 10.2. The summed E-state index contributed by atoms with van der Waals surface area (Å²) in [6.45, 7) is 7.35. The van der Waals surface area contributed by atoms with Gasteiger partial charge in [0.25, 0.3) is 0 Å². The summed E-state index contributed by atoms with van der Waals surface area (Å²) >= 11 is 0. The molecule has 0 amide bonds. The maximum absolute atomic E-state index is 10.1. The number of nitrogens with one attached hydrogen (secondary N) is 1. The lowest BCUT2D eigenvalue weighted by Gasteiger charge is -2.58. The maximum atomic E-state index is 10.1. The molecule has 1 saturated heterocycles. The van der Waals surface area contributed by atoms with E-state index in [4.69, 9.17) is 4.84 Å². The van der Waals surface area contributed by atoms with Gasteiger partial charge in [-0.3, -0.25) is 4.84 Å². The molecule has 4 fully saturated rings. The first-order valence-electron chi connectivity index (χ1n) is 10.2. The van der Waals surface area contributed by atoms with Crippen molar-refractivity contribution in [2.45, 2.75) is 84.0 Å². The third-order valence-electron chi connectivity index (χ3n) is 9.13. The summed E-state index contributed by atoms with van der Waals surface area (Å²) in [6.07, 6.45) is 11.2. The Balaban J connectivity index is 1.49. The number of aliphatic hydroxyl groups is 1. The van der Waals surface area contributed by atoms with Gasteiger partial charge in [-0.1, -0.05) is 25.5 Å². The molecule has 134 valence electrons. The Hall–Kier alpha value is -0.380. The average Bonchev–Trinajstić information content (AvgIpc) is 3.06. The summed E-state index contributed by atoms with van der Waals surface area (Å²) in [4.78, 5) is 5.80. The number of hydroxylamine groups is 1. The second-order valence-electron chi connectivity index (χ2n) is 10.0. The average molecular weight is 332 g/mol. The van der Waals surface area contributed by atoms with Gasteiger partial charge < -0.3 is 5.11 Å². The van der Waals surface area contributed by atoms with Gasteiger partial charge in [0.2, 0.25) is 0 Å². The van der Waals surface area contributed by atoms with Crippen LogP contribution in [-0.2, 0) is 4.84 Å². The Morgan fingerprint density at radius 1 is 1.21 bits per heavy atom. The number of rotatable bonds is 0. The van der Waals surface area contributed by atoms with Crippen LogP contribution < -0.4 is 5.48 Å². The molecule has 0 bridgehead atoms. The van der Waals surface area contributed by atoms with Crippen molar-refractivity contribution in [3.8, 4) is 0 Å². The zero-order valence-electron chi connectivity index (χ0n) is 15.4. The van der Waals surface area contributed by atoms with Gasteiger partial charge in [-0.15, -0.1) is 0 Å². The molecule has 0 spiro atoms. The van der Waals surface area contributed by atoms with Crippen molar-refractivity contribution < 1.29 is 9.94 Å². The standard InChI is InChI=1S/C21H33NO2/c1-12-19-18(22-24-12)11-17-15-5-4-13-10-14(23)6-8-20(13,2)16(15)7-9-21(17,19)3/h4,12,14-19,22-23H,5-11H2,1-3H3/t12-,14-,15+,16-,17-,18-,19-,20-,21-/m0/s1. The third-order valence-corrected chi connectivity index (χ3v) is 9.13. The minimum absolute atomic E-state index is 0.0947. The van der Waals surface area contributed by atoms with Crippen LogP contribution in [0.25, 0.3) is 0 Å². The van der Waals surface area contributed by atoms with Crippen LogP contribution in [-0.4, -0.2) is 23.4 Å². The van der Waals surface area contributed by atoms with Gasteiger partial charge >= 0.3 is 0 Å². The summed E-state index contributed by atoms with van der Waals surface area (Å²) in [6, 6.07) is 0.570. The molecular weight excluding hydrogens is 298 g/mol. The highest BCUT2D eigenvalue weighted by Crippen LogP contribution is 2.67. The fraction of sp³-hybridized carbons (Fsp3) is 0.905. The lowest BCUT2D eigenvalue weighted by Crippen LogP contribution is -2.51. The van der Waals surface area contributed by atoms with Crippen LogP contribution in [0.4, 0.5) is 0 Å². The van der Waals surface area contributed by atoms with Crippen LogP contribution in [0.15, 0.2) is 11.6 Å². The molecule has 1 heterocycles. The van der Waals surface area contributed by atoms with Crippen molar-refractivity contribution in [2.75, 3.05) is 0 Å². The molecule has 0 unspecified atom stereocenters. The number of hydrogen-bond acceptors (Lipinski definition) is 3. The maximum Gasteiger partial charge on any atom is 0.0811 e. The Morgan fingerprint density at radius 2 is 2.04 bits per heavy atom. The van der Waals surface area contributed by atoms with Gasteiger partial charge in [0, 0.05) is 12.0 Å². The van der Waals surface area contributed by atoms with Crippen molar-refractivity contribution >= 4 is 0 Å². The normalized spacial score (nSPS) is 59.2. The lowest BCUT2D eigenvalue weighted by molar-refractivity contribution is -0.0750. The molecule has 9 atom stereocenters. The molecule has 5 aliphatic rings. The summed E-state index contributed by atoms with van der Waals surface area (Å²) in [5.41, 5.74) is 5.76. The van der Waals surface area contributed by atoms with E-state index in [1.165, 1.54) is 32.1 Å². The number of allylic oxidation sites excluding steroid dienone is 1. The van der Waals surface area contributed by atoms with Crippen molar-refractivity contribution in [3.63, 3.8) is 0 Å². The van der Waals surface area contributed by atoms with E-state index in [0.29, 0.717) is 28.9 Å². The Kier molecular flexibility index (Phi) is 3.35. The molecule has 5 rings (SSSR count). The van der Waals surface area contributed by atoms with Crippen molar-refractivity contribution in [1.29, 1.82) is 0 Å². The third kappa shape index (κ3) is 1.90. The molecule has 3 saturated carbocycles. The molecule has 0 aromatic rings. The lowest BCUT2D eigenvalue weighted by atomic mass is 9.47. The van der Waals surface area contributed by atoms with Crippen LogP contribution in [0.3, 0.4) is 0 Å². The summed E-state index contributed by atoms with van der Waals surface area (Å²) in [7, 11) is 0. The highest BCUT2D eigenvalue weighted by atomic mass is 16.7. The Bertz CT molecular complexity index is 574. The molecule has 0 radical (unpaired) electrons. The molecule has 24 heavy (non-hydrogen) atoms. The summed E-state index contributed by atoms with van der Waals surface area (Å²) in [5.74, 6) is 3.20. The highest BCUT2D eigenvalue weighted by molar-refractivity contribution is 5.26. The van der Waals surface area contributed by atoms with E-state index in [9.17, 15) is 5.11 Å². The van der Waals surface area contributed by atoms with Crippen LogP contribution in [0, 0.1) is 34.5 Å². The van der Waals surface area contributed by atoms with E-state index in [1.54, 1.807) is 5.57 Å². The van der Waals surface area contributed by atoms with Crippen molar-refractivity contribution in [1.82, 2.24) is 5.48 Å². The number of aliphatic hydroxyl groups excluding tert-OH is 1. The van der Waals surface area contributed by atoms with Crippen molar-refractivity contribution in [3.05, 3.63) is 11.6 Å². The van der Waals surface area contributed by atoms with E-state index in [0.717, 1.165) is 30.6 Å². The van der Waals surface area contributed by atoms with E-state index in [1.807, 2.05) is 0 Å². The molecule has 0 aromatic heterocycles. The van der Waals surface area contributed by atoms with Crippen LogP contribution in [0.1, 0.15) is 65.7 Å². The highest BCUT2D eigenvalue weighted by Gasteiger charge is 2.63. The predicted octanol–water partition coefficient (Wildman–Crippen LogP) is 3.83. The smallest absolute Gasteiger partial charge is 0.0811 e. The van der Waals surface area contributed by atoms with Crippen LogP contribution in [0.5, 0.6) is 0 Å². The summed E-state index contributed by atoms with van der Waals surface area (Å²) < 4.78 is 0. The fourth-order valence-corrected chi connectivity index (χ4v) is 7.98. The van der Waals surface area contributed by atoms with Gasteiger partial charge in [-0.25, -0.2) is 0 Å². The van der Waals surface area contributed by atoms with E-state index in [2.05, 4.69) is 32.3 Å². The minimum Gasteiger partial charge on any atom is -0.393 e. The van der Waals surface area contributed by atoms with Gasteiger partial charge in [0.05, 0.1) is 12.2 Å². The fourth-order valence-electron chi connectivity index (χ4n) is 7.98. The molecule has 2 N–H and O–H groups in total. The molecule has 4 aliphatic carbocycles. The second-order valence-corrected chi connectivity index (χ2v) is 10.0. The zero-order chi connectivity index (χ0) is 16.7. The van der Waals surface area contributed by atoms with Gasteiger partial charge in [-0.2, -0.15) is 5.48 Å². The Morgan fingerprint density at radius 3 is 2.88 bits per heavy atom. The van der Waals surface area contributed by atoms with Gasteiger partial charge in [-0.05, 0) is 80.5 Å². The minimum atomic E-state index is -0.0947. The molecule has 1 aliphatic heterocycles. The largest absolute Gasteiger partial charge is 0.393 e. The van der Waals surface area contributed by atoms with Crippen molar-refractivity contribution in [2.24, 2.45) is 34.5 Å². The molecular formula is C21H33NO2. The first-order chi connectivity index (χ1) is 11.4. The quantitative estimate of drug-likeness (QED) is 0.663. The second kappa shape index (κ2) is 5.08. The predicted molar refractivity (Wildman–Crippen MR) is 94.1 cm³/mol. The SMILES string of the molecule is C[C@@H]1ON[C@H]2C[C@H]3[C@@H]4CC=C5C[C@@H](O)CC[C@]5(C)[C@H]4CC[C@]3(C)[C@H]21. The van der Waals surface area contributed by atoms with E-state index >= 15 is 0 Å². The topological polar surface area (TPSA) is 41.5 Å². The zero-order valence-corrected chi connectivity index (χ0v) is 15.4. The molecule has 3 nitrogen and oxygen atoms in total. The van der Waals surface area contributed by atoms with E-state index in [-0.39, 0.29) is 6.10 Å². The number of fused-ring (bicyclic) bond motifs is 7. The molecule has 3 heteroatoms. The Labute approximate surface area is 146 Å². The number of hydrogen-bond donors (Lipinski definition) is 2. The van der Waals surface area contributed by atoms with Gasteiger partial charge in [0.15, 0.2) is 0 Å². The van der Waals surface area contributed by atoms with Crippen LogP contribution >= 0.6 is 0 Å². The van der Waals surface area contributed by atoms with Gasteiger partial charge in [0.1, 0.15) is 0 Å². The molecule has 0 aromatic carbocycles. The monoisotopic (exact) mass is 331 g/mol. The summed E-state index contributed by atoms with van der Waals surface area (Å²) in [5, 5.41) is 10.1.